The molecule has 1 saturated carbocycles. The summed E-state index contributed by atoms with van der Waals surface area (Å²) < 4.78 is 11.4. The summed E-state index contributed by atoms with van der Waals surface area (Å²) in [6.45, 7) is 4.89. The zero-order valence-corrected chi connectivity index (χ0v) is 11.2. The van der Waals surface area contributed by atoms with Crippen LogP contribution < -0.4 is 10.5 Å². The Kier molecular flexibility index (Phi) is 5.02. The number of hydrogen-bond donors (Lipinski definition) is 1. The van der Waals surface area contributed by atoms with E-state index in [9.17, 15) is 0 Å². The molecule has 0 atom stereocenters. The summed E-state index contributed by atoms with van der Waals surface area (Å²) in [6.07, 6.45) is 3.55. The van der Waals surface area contributed by atoms with E-state index in [0.29, 0.717) is 19.8 Å². The monoisotopic (exact) mass is 249 g/mol. The van der Waals surface area contributed by atoms with Gasteiger partial charge >= 0.3 is 0 Å². The fraction of sp³-hybridized carbons (Fsp3) is 0.600. The first-order valence-corrected chi connectivity index (χ1v) is 6.86. The third-order valence-electron chi connectivity index (χ3n) is 3.17. The van der Waals surface area contributed by atoms with E-state index < -0.39 is 0 Å². The van der Waals surface area contributed by atoms with Crippen molar-refractivity contribution in [1.82, 2.24) is 0 Å². The highest BCUT2D eigenvalue weighted by Crippen LogP contribution is 2.29. The first-order valence-electron chi connectivity index (χ1n) is 6.86. The third-order valence-corrected chi connectivity index (χ3v) is 3.17. The number of ether oxygens (including phenoxy) is 2. The van der Waals surface area contributed by atoms with Gasteiger partial charge in [-0.1, -0.05) is 6.07 Å². The minimum absolute atomic E-state index is 0.643. The molecule has 3 heteroatoms. The molecule has 0 saturated heterocycles. The zero-order valence-electron chi connectivity index (χ0n) is 11.2. The van der Waals surface area contributed by atoms with Crippen LogP contribution >= 0.6 is 0 Å². The molecule has 0 unspecified atom stereocenters. The van der Waals surface area contributed by atoms with Crippen molar-refractivity contribution >= 4 is 0 Å². The predicted molar refractivity (Wildman–Crippen MR) is 72.7 cm³/mol. The van der Waals surface area contributed by atoms with Crippen molar-refractivity contribution in [3.63, 3.8) is 0 Å². The van der Waals surface area contributed by atoms with Gasteiger partial charge in [-0.3, -0.25) is 0 Å². The van der Waals surface area contributed by atoms with Crippen LogP contribution in [0.15, 0.2) is 18.2 Å². The Hall–Kier alpha value is -1.06. The Morgan fingerprint density at radius 3 is 2.83 bits per heavy atom. The largest absolute Gasteiger partial charge is 0.494 e. The predicted octanol–water partition coefficient (Wildman–Crippen LogP) is 2.51. The second-order valence-corrected chi connectivity index (χ2v) is 4.87. The topological polar surface area (TPSA) is 44.5 Å². The summed E-state index contributed by atoms with van der Waals surface area (Å²) in [6, 6.07) is 6.28. The highest BCUT2D eigenvalue weighted by atomic mass is 16.5. The average molecular weight is 249 g/mol. The molecule has 0 aliphatic heterocycles. The van der Waals surface area contributed by atoms with Crippen molar-refractivity contribution in [2.75, 3.05) is 19.8 Å². The molecule has 100 valence electrons. The standard InChI is InChI=1S/C15H23NO2/c1-2-18-15-6-5-12(7-8-16)9-14(15)11-17-10-13-3-4-13/h5-6,9,13H,2-4,7-8,10-11,16H2,1H3. The molecule has 0 spiro atoms. The molecule has 0 aromatic heterocycles. The smallest absolute Gasteiger partial charge is 0.124 e. The molecule has 0 heterocycles. The van der Waals surface area contributed by atoms with E-state index in [1.807, 2.05) is 13.0 Å². The van der Waals surface area contributed by atoms with Crippen molar-refractivity contribution < 1.29 is 9.47 Å². The molecule has 18 heavy (non-hydrogen) atoms. The van der Waals surface area contributed by atoms with Gasteiger partial charge in [0.05, 0.1) is 13.2 Å². The lowest BCUT2D eigenvalue weighted by Crippen LogP contribution is -2.05. The maximum atomic E-state index is 5.75. The molecular formula is C15H23NO2. The second kappa shape index (κ2) is 6.76. The average Bonchev–Trinajstić information content (AvgIpc) is 3.17. The molecule has 0 bridgehead atoms. The van der Waals surface area contributed by atoms with Crippen LogP contribution in [0.2, 0.25) is 0 Å². The van der Waals surface area contributed by atoms with Gasteiger partial charge in [0.1, 0.15) is 5.75 Å². The summed E-state index contributed by atoms with van der Waals surface area (Å²) in [4.78, 5) is 0. The van der Waals surface area contributed by atoms with Gasteiger partial charge < -0.3 is 15.2 Å². The Labute approximate surface area is 109 Å². The van der Waals surface area contributed by atoms with Crippen molar-refractivity contribution in [2.24, 2.45) is 11.7 Å². The lowest BCUT2D eigenvalue weighted by atomic mass is 10.1. The molecular weight excluding hydrogens is 226 g/mol. The third kappa shape index (κ3) is 4.00. The van der Waals surface area contributed by atoms with Crippen LogP contribution in [-0.4, -0.2) is 19.8 Å². The van der Waals surface area contributed by atoms with E-state index in [1.54, 1.807) is 0 Å². The van der Waals surface area contributed by atoms with Crippen LogP contribution in [-0.2, 0) is 17.8 Å². The van der Waals surface area contributed by atoms with Crippen LogP contribution in [0.4, 0.5) is 0 Å². The minimum atomic E-state index is 0.643. The lowest BCUT2D eigenvalue weighted by Gasteiger charge is -2.12. The summed E-state index contributed by atoms with van der Waals surface area (Å²) in [5.74, 6) is 1.74. The summed E-state index contributed by atoms with van der Waals surface area (Å²) in [7, 11) is 0. The Balaban J connectivity index is 1.98. The van der Waals surface area contributed by atoms with Crippen molar-refractivity contribution in [1.29, 1.82) is 0 Å². The van der Waals surface area contributed by atoms with Crippen molar-refractivity contribution in [3.05, 3.63) is 29.3 Å². The van der Waals surface area contributed by atoms with Gasteiger partial charge in [0.2, 0.25) is 0 Å². The Morgan fingerprint density at radius 1 is 1.33 bits per heavy atom. The minimum Gasteiger partial charge on any atom is -0.494 e. The Morgan fingerprint density at radius 2 is 2.17 bits per heavy atom. The molecule has 3 nitrogen and oxygen atoms in total. The molecule has 1 aromatic rings. The van der Waals surface area contributed by atoms with Crippen molar-refractivity contribution in [2.45, 2.75) is 32.8 Å². The van der Waals surface area contributed by atoms with Gasteiger partial charge in [-0.05, 0) is 56.3 Å². The molecule has 2 N–H and O–H groups in total. The van der Waals surface area contributed by atoms with Gasteiger partial charge in [0.15, 0.2) is 0 Å². The zero-order chi connectivity index (χ0) is 12.8. The van der Waals surface area contributed by atoms with E-state index in [4.69, 9.17) is 15.2 Å². The molecule has 1 fully saturated rings. The number of hydrogen-bond acceptors (Lipinski definition) is 3. The van der Waals surface area contributed by atoms with Crippen LogP contribution in [0, 0.1) is 5.92 Å². The van der Waals surface area contributed by atoms with Crippen molar-refractivity contribution in [3.8, 4) is 5.75 Å². The quantitative estimate of drug-likeness (QED) is 0.770. The first kappa shape index (κ1) is 13.4. The van der Waals surface area contributed by atoms with Gasteiger partial charge in [-0.25, -0.2) is 0 Å². The maximum absolute atomic E-state index is 5.75. The van der Waals surface area contributed by atoms with Crippen LogP contribution in [0.25, 0.3) is 0 Å². The molecule has 2 rings (SSSR count). The van der Waals surface area contributed by atoms with Crippen LogP contribution in [0.5, 0.6) is 5.75 Å². The summed E-state index contributed by atoms with van der Waals surface area (Å²) in [5, 5.41) is 0. The van der Waals surface area contributed by atoms with Gasteiger partial charge in [0, 0.05) is 12.2 Å². The maximum Gasteiger partial charge on any atom is 0.124 e. The number of benzene rings is 1. The van der Waals surface area contributed by atoms with Crippen LogP contribution in [0.3, 0.4) is 0 Å². The Bertz CT molecular complexity index is 375. The van der Waals surface area contributed by atoms with Crippen LogP contribution in [0.1, 0.15) is 30.9 Å². The van der Waals surface area contributed by atoms with E-state index in [0.717, 1.165) is 30.3 Å². The van der Waals surface area contributed by atoms with E-state index in [-0.39, 0.29) is 0 Å². The highest BCUT2D eigenvalue weighted by Gasteiger charge is 2.21. The van der Waals surface area contributed by atoms with Gasteiger partial charge in [-0.2, -0.15) is 0 Å². The SMILES string of the molecule is CCOc1ccc(CCN)cc1COCC1CC1. The molecule has 0 radical (unpaired) electrons. The lowest BCUT2D eigenvalue weighted by molar-refractivity contribution is 0.109. The van der Waals surface area contributed by atoms with Gasteiger partial charge in [0.25, 0.3) is 0 Å². The number of rotatable bonds is 8. The number of nitrogens with two attached hydrogens (primary N) is 1. The normalized spacial score (nSPS) is 14.8. The fourth-order valence-corrected chi connectivity index (χ4v) is 1.98. The fourth-order valence-electron chi connectivity index (χ4n) is 1.98. The molecule has 1 aromatic carbocycles. The summed E-state index contributed by atoms with van der Waals surface area (Å²) >= 11 is 0. The van der Waals surface area contributed by atoms with E-state index in [1.165, 1.54) is 18.4 Å². The molecule has 0 amide bonds. The van der Waals surface area contributed by atoms with E-state index in [2.05, 4.69) is 12.1 Å². The molecule has 1 aliphatic carbocycles. The first-order chi connectivity index (χ1) is 8.83. The second-order valence-electron chi connectivity index (χ2n) is 4.87. The molecule has 1 aliphatic rings. The van der Waals surface area contributed by atoms with Gasteiger partial charge in [-0.15, -0.1) is 0 Å². The summed E-state index contributed by atoms with van der Waals surface area (Å²) in [5.41, 5.74) is 7.99. The van der Waals surface area contributed by atoms with E-state index >= 15 is 0 Å². The highest BCUT2D eigenvalue weighted by molar-refractivity contribution is 5.37.